The zero-order valence-corrected chi connectivity index (χ0v) is 14.8. The zero-order chi connectivity index (χ0) is 16.2. The van der Waals surface area contributed by atoms with Gasteiger partial charge in [0.15, 0.2) is 0 Å². The molecule has 5 nitrogen and oxygen atoms in total. The molecule has 0 spiro atoms. The Bertz CT molecular complexity index is 567. The SMILES string of the molecule is CC1CNCCC1NC(=O)C1CCCN1C(=O)c1ccccc1.Cl. The van der Waals surface area contributed by atoms with E-state index in [1.54, 1.807) is 4.90 Å². The Hall–Kier alpha value is -1.59. The van der Waals surface area contributed by atoms with Gasteiger partial charge in [-0.15, -0.1) is 12.4 Å². The number of likely N-dealkylation sites (tertiary alicyclic amines) is 1. The van der Waals surface area contributed by atoms with Gasteiger partial charge in [0.05, 0.1) is 0 Å². The molecule has 1 aromatic carbocycles. The highest BCUT2D eigenvalue weighted by molar-refractivity contribution is 5.98. The summed E-state index contributed by atoms with van der Waals surface area (Å²) in [4.78, 5) is 27.1. The van der Waals surface area contributed by atoms with Gasteiger partial charge < -0.3 is 15.5 Å². The summed E-state index contributed by atoms with van der Waals surface area (Å²) in [7, 11) is 0. The van der Waals surface area contributed by atoms with Crippen LogP contribution in [0.4, 0.5) is 0 Å². The third-order valence-electron chi connectivity index (χ3n) is 4.95. The summed E-state index contributed by atoms with van der Waals surface area (Å²) in [6.07, 6.45) is 2.59. The quantitative estimate of drug-likeness (QED) is 0.873. The molecule has 2 aliphatic heterocycles. The molecule has 2 aliphatic rings. The number of halogens is 1. The van der Waals surface area contributed by atoms with E-state index in [0.717, 1.165) is 32.4 Å². The second-order valence-electron chi connectivity index (χ2n) is 6.61. The van der Waals surface area contributed by atoms with E-state index in [4.69, 9.17) is 0 Å². The maximum atomic E-state index is 12.7. The average Bonchev–Trinajstić information content (AvgIpc) is 3.07. The van der Waals surface area contributed by atoms with Gasteiger partial charge in [-0.3, -0.25) is 9.59 Å². The van der Waals surface area contributed by atoms with E-state index >= 15 is 0 Å². The molecular formula is C18H26ClN3O2. The van der Waals surface area contributed by atoms with Gasteiger partial charge in [-0.1, -0.05) is 25.1 Å². The highest BCUT2D eigenvalue weighted by Crippen LogP contribution is 2.21. The molecule has 3 rings (SSSR count). The number of nitrogens with zero attached hydrogens (tertiary/aromatic N) is 1. The maximum Gasteiger partial charge on any atom is 0.254 e. The zero-order valence-electron chi connectivity index (χ0n) is 14.0. The van der Waals surface area contributed by atoms with Crippen molar-refractivity contribution in [3.05, 3.63) is 35.9 Å². The number of hydrogen-bond donors (Lipinski definition) is 2. The van der Waals surface area contributed by atoms with E-state index in [1.165, 1.54) is 0 Å². The van der Waals surface area contributed by atoms with Crippen LogP contribution in [-0.2, 0) is 4.79 Å². The lowest BCUT2D eigenvalue weighted by Gasteiger charge is -2.32. The second-order valence-corrected chi connectivity index (χ2v) is 6.61. The molecule has 0 aliphatic carbocycles. The number of benzene rings is 1. The number of carbonyl (C=O) groups is 2. The lowest BCUT2D eigenvalue weighted by molar-refractivity contribution is -0.126. The van der Waals surface area contributed by atoms with Gasteiger partial charge in [0.1, 0.15) is 6.04 Å². The van der Waals surface area contributed by atoms with Gasteiger partial charge >= 0.3 is 0 Å². The number of carbonyl (C=O) groups excluding carboxylic acids is 2. The van der Waals surface area contributed by atoms with Crippen molar-refractivity contribution in [2.24, 2.45) is 5.92 Å². The van der Waals surface area contributed by atoms with E-state index < -0.39 is 0 Å². The maximum absolute atomic E-state index is 12.7. The fraction of sp³-hybridized carbons (Fsp3) is 0.556. The minimum atomic E-state index is -0.329. The van der Waals surface area contributed by atoms with Crippen molar-refractivity contribution in [2.45, 2.75) is 38.3 Å². The molecule has 3 atom stereocenters. The van der Waals surface area contributed by atoms with Crippen molar-refractivity contribution in [1.82, 2.24) is 15.5 Å². The van der Waals surface area contributed by atoms with Crippen LogP contribution in [0.1, 0.15) is 36.5 Å². The van der Waals surface area contributed by atoms with Crippen molar-refractivity contribution in [3.63, 3.8) is 0 Å². The van der Waals surface area contributed by atoms with Crippen LogP contribution in [0.2, 0.25) is 0 Å². The lowest BCUT2D eigenvalue weighted by atomic mass is 9.95. The predicted octanol–water partition coefficient (Wildman–Crippen LogP) is 1.83. The highest BCUT2D eigenvalue weighted by Gasteiger charge is 2.36. The molecule has 2 saturated heterocycles. The van der Waals surface area contributed by atoms with Crippen LogP contribution >= 0.6 is 12.4 Å². The Morgan fingerprint density at radius 1 is 1.21 bits per heavy atom. The molecule has 2 amide bonds. The fourth-order valence-electron chi connectivity index (χ4n) is 3.54. The predicted molar refractivity (Wildman–Crippen MR) is 96.3 cm³/mol. The van der Waals surface area contributed by atoms with E-state index in [1.807, 2.05) is 30.3 Å². The minimum absolute atomic E-state index is 0. The van der Waals surface area contributed by atoms with Gasteiger partial charge in [0, 0.05) is 18.2 Å². The molecule has 0 saturated carbocycles. The third kappa shape index (κ3) is 4.08. The van der Waals surface area contributed by atoms with E-state index in [9.17, 15) is 9.59 Å². The van der Waals surface area contributed by atoms with Crippen LogP contribution in [0.3, 0.4) is 0 Å². The first-order chi connectivity index (χ1) is 11.2. The fourth-order valence-corrected chi connectivity index (χ4v) is 3.54. The van der Waals surface area contributed by atoms with Crippen LogP contribution in [0.5, 0.6) is 0 Å². The molecule has 3 unspecified atom stereocenters. The van der Waals surface area contributed by atoms with Crippen molar-refractivity contribution in [1.29, 1.82) is 0 Å². The highest BCUT2D eigenvalue weighted by atomic mass is 35.5. The molecule has 0 radical (unpaired) electrons. The van der Waals surface area contributed by atoms with Crippen molar-refractivity contribution >= 4 is 24.2 Å². The first-order valence-corrected chi connectivity index (χ1v) is 8.54. The topological polar surface area (TPSA) is 61.4 Å². The molecule has 2 heterocycles. The summed E-state index contributed by atoms with van der Waals surface area (Å²) >= 11 is 0. The smallest absolute Gasteiger partial charge is 0.254 e. The molecular weight excluding hydrogens is 326 g/mol. The molecule has 0 bridgehead atoms. The number of piperidine rings is 1. The van der Waals surface area contributed by atoms with Gasteiger partial charge in [-0.05, 0) is 50.4 Å². The first kappa shape index (κ1) is 18.7. The summed E-state index contributed by atoms with van der Waals surface area (Å²) in [5.74, 6) is 0.388. The molecule has 24 heavy (non-hydrogen) atoms. The van der Waals surface area contributed by atoms with Gasteiger partial charge in [-0.2, -0.15) is 0 Å². The van der Waals surface area contributed by atoms with Crippen molar-refractivity contribution in [3.8, 4) is 0 Å². The molecule has 132 valence electrons. The largest absolute Gasteiger partial charge is 0.351 e. The average molecular weight is 352 g/mol. The summed E-state index contributed by atoms with van der Waals surface area (Å²) in [6.45, 7) is 4.68. The monoisotopic (exact) mass is 351 g/mol. The second kappa shape index (κ2) is 8.49. The van der Waals surface area contributed by atoms with Crippen LogP contribution in [0, 0.1) is 5.92 Å². The van der Waals surface area contributed by atoms with Gasteiger partial charge in [0.2, 0.25) is 5.91 Å². The normalized spacial score (nSPS) is 26.5. The summed E-state index contributed by atoms with van der Waals surface area (Å²) in [6, 6.07) is 9.10. The molecule has 6 heteroatoms. The number of rotatable bonds is 3. The molecule has 1 aromatic rings. The Kier molecular flexibility index (Phi) is 6.63. The Balaban J connectivity index is 0.00000208. The molecule has 2 N–H and O–H groups in total. The summed E-state index contributed by atoms with van der Waals surface area (Å²) in [5, 5.41) is 6.51. The Labute approximate surface area is 149 Å². The van der Waals surface area contributed by atoms with E-state index in [-0.39, 0.29) is 36.3 Å². The van der Waals surface area contributed by atoms with E-state index in [2.05, 4.69) is 17.6 Å². The lowest BCUT2D eigenvalue weighted by Crippen LogP contribution is -2.53. The van der Waals surface area contributed by atoms with Crippen molar-refractivity contribution in [2.75, 3.05) is 19.6 Å². The Morgan fingerprint density at radius 3 is 2.67 bits per heavy atom. The summed E-state index contributed by atoms with van der Waals surface area (Å²) in [5.41, 5.74) is 0.655. The third-order valence-corrected chi connectivity index (χ3v) is 4.95. The van der Waals surface area contributed by atoms with Crippen LogP contribution in [0.15, 0.2) is 30.3 Å². The molecule has 0 aromatic heterocycles. The van der Waals surface area contributed by atoms with Crippen molar-refractivity contribution < 1.29 is 9.59 Å². The van der Waals surface area contributed by atoms with Gasteiger partial charge in [-0.25, -0.2) is 0 Å². The Morgan fingerprint density at radius 2 is 1.96 bits per heavy atom. The van der Waals surface area contributed by atoms with E-state index in [0.29, 0.717) is 18.0 Å². The minimum Gasteiger partial charge on any atom is -0.351 e. The van der Waals surface area contributed by atoms with Crippen LogP contribution in [-0.4, -0.2) is 48.4 Å². The number of hydrogen-bond acceptors (Lipinski definition) is 3. The first-order valence-electron chi connectivity index (χ1n) is 8.54. The summed E-state index contributed by atoms with van der Waals surface area (Å²) < 4.78 is 0. The van der Waals surface area contributed by atoms with Crippen LogP contribution < -0.4 is 10.6 Å². The number of amides is 2. The standard InChI is InChI=1S/C18H25N3O2.ClH/c1-13-12-19-10-9-15(13)20-17(22)16-8-5-11-21(16)18(23)14-6-3-2-4-7-14;/h2-4,6-7,13,15-16,19H,5,8-12H2,1H3,(H,20,22);1H. The molecule has 2 fully saturated rings. The van der Waals surface area contributed by atoms with Crippen LogP contribution in [0.25, 0.3) is 0 Å². The number of nitrogens with one attached hydrogen (secondary N) is 2. The van der Waals surface area contributed by atoms with Gasteiger partial charge in [0.25, 0.3) is 5.91 Å².